The van der Waals surface area contributed by atoms with Crippen molar-refractivity contribution in [2.75, 3.05) is 39.8 Å². The fraction of sp³-hybridized carbons (Fsp3) is 0.611. The van der Waals surface area contributed by atoms with E-state index in [0.29, 0.717) is 12.5 Å². The molecule has 0 radical (unpaired) electrons. The van der Waals surface area contributed by atoms with Crippen molar-refractivity contribution in [3.8, 4) is 0 Å². The Bertz CT molecular complexity index is 546. The fourth-order valence-corrected chi connectivity index (χ4v) is 3.08. The van der Waals surface area contributed by atoms with Crippen molar-refractivity contribution in [1.82, 2.24) is 15.1 Å². The smallest absolute Gasteiger partial charge is 0.251 e. The quantitative estimate of drug-likeness (QED) is 0.778. The summed E-state index contributed by atoms with van der Waals surface area (Å²) in [7, 11) is 2.16. The van der Waals surface area contributed by atoms with Crippen LogP contribution in [0.5, 0.6) is 0 Å². The Balaban J connectivity index is 0.00000156. The van der Waals surface area contributed by atoms with Crippen LogP contribution in [-0.4, -0.2) is 61.5 Å². The number of benzene rings is 1. The zero-order valence-corrected chi connectivity index (χ0v) is 16.5. The molecule has 3 N–H and O–H groups in total. The van der Waals surface area contributed by atoms with E-state index in [2.05, 4.69) is 28.2 Å². The molecule has 142 valence electrons. The number of halogens is 2. The van der Waals surface area contributed by atoms with E-state index in [-0.39, 0.29) is 36.8 Å². The molecule has 1 aliphatic heterocycles. The highest BCUT2D eigenvalue weighted by Crippen LogP contribution is 2.31. The standard InChI is InChI=1S/C18H28N4O.2ClH/c1-21-7-9-22(10-8-21)13-14-3-2-4-16(11-14)18(23)20-12-17(19)15-5-6-15;;/h2-4,11,15,17H,5-10,12-13,19H2,1H3,(H,20,23);2*1H. The number of piperazine rings is 1. The summed E-state index contributed by atoms with van der Waals surface area (Å²) in [5, 5.41) is 2.97. The van der Waals surface area contributed by atoms with Gasteiger partial charge >= 0.3 is 0 Å². The number of nitrogens with two attached hydrogens (primary N) is 1. The number of nitrogens with zero attached hydrogens (tertiary/aromatic N) is 2. The zero-order valence-electron chi connectivity index (χ0n) is 14.8. The third-order valence-corrected chi connectivity index (χ3v) is 4.92. The molecule has 2 fully saturated rings. The summed E-state index contributed by atoms with van der Waals surface area (Å²) in [6, 6.07) is 8.07. The maximum absolute atomic E-state index is 12.3. The summed E-state index contributed by atoms with van der Waals surface area (Å²) < 4.78 is 0. The summed E-state index contributed by atoms with van der Waals surface area (Å²) in [5.74, 6) is 0.597. The van der Waals surface area contributed by atoms with Crippen LogP contribution in [0.25, 0.3) is 0 Å². The molecule has 1 saturated carbocycles. The van der Waals surface area contributed by atoms with Gasteiger partial charge in [0.25, 0.3) is 5.91 Å². The van der Waals surface area contributed by atoms with Crippen LogP contribution < -0.4 is 11.1 Å². The van der Waals surface area contributed by atoms with Crippen LogP contribution in [0.15, 0.2) is 24.3 Å². The van der Waals surface area contributed by atoms with E-state index in [1.807, 2.05) is 18.2 Å². The van der Waals surface area contributed by atoms with Gasteiger partial charge in [0, 0.05) is 50.9 Å². The van der Waals surface area contributed by atoms with Gasteiger partial charge in [0.1, 0.15) is 0 Å². The maximum Gasteiger partial charge on any atom is 0.251 e. The van der Waals surface area contributed by atoms with Crippen molar-refractivity contribution >= 4 is 30.7 Å². The van der Waals surface area contributed by atoms with E-state index in [0.717, 1.165) is 38.3 Å². The van der Waals surface area contributed by atoms with Gasteiger partial charge in [0.2, 0.25) is 0 Å². The van der Waals surface area contributed by atoms with E-state index >= 15 is 0 Å². The van der Waals surface area contributed by atoms with Gasteiger partial charge in [0.05, 0.1) is 0 Å². The second-order valence-corrected chi connectivity index (χ2v) is 6.99. The Hall–Kier alpha value is -0.850. The molecule has 1 aromatic carbocycles. The number of rotatable bonds is 6. The summed E-state index contributed by atoms with van der Waals surface area (Å²) >= 11 is 0. The van der Waals surface area contributed by atoms with Gasteiger partial charge in [-0.3, -0.25) is 9.69 Å². The molecule has 1 amide bonds. The predicted molar refractivity (Wildman–Crippen MR) is 107 cm³/mol. The Labute approximate surface area is 163 Å². The number of hydrogen-bond donors (Lipinski definition) is 2. The van der Waals surface area contributed by atoms with E-state index in [1.165, 1.54) is 18.4 Å². The van der Waals surface area contributed by atoms with Gasteiger partial charge in [-0.05, 0) is 43.5 Å². The topological polar surface area (TPSA) is 61.6 Å². The van der Waals surface area contributed by atoms with Crippen LogP contribution in [-0.2, 0) is 6.54 Å². The van der Waals surface area contributed by atoms with Crippen LogP contribution in [0, 0.1) is 5.92 Å². The SMILES string of the molecule is CN1CCN(Cc2cccc(C(=O)NCC(N)C3CC3)c2)CC1.Cl.Cl. The Morgan fingerprint density at radius 2 is 1.92 bits per heavy atom. The molecule has 2 aliphatic rings. The van der Waals surface area contributed by atoms with Crippen molar-refractivity contribution < 1.29 is 4.79 Å². The Kier molecular flexibility index (Phi) is 9.17. The molecular formula is C18H30Cl2N4O. The second kappa shape index (κ2) is 10.3. The number of carbonyl (C=O) groups is 1. The molecule has 0 aromatic heterocycles. The summed E-state index contributed by atoms with van der Waals surface area (Å²) in [5.41, 5.74) is 7.98. The number of carbonyl (C=O) groups excluding carboxylic acids is 1. The molecule has 0 bridgehead atoms. The average Bonchev–Trinajstić information content (AvgIpc) is 3.40. The van der Waals surface area contributed by atoms with E-state index in [1.54, 1.807) is 0 Å². The zero-order chi connectivity index (χ0) is 16.2. The number of amides is 1. The molecule has 1 aliphatic carbocycles. The van der Waals surface area contributed by atoms with Crippen LogP contribution in [0.4, 0.5) is 0 Å². The van der Waals surface area contributed by atoms with Gasteiger partial charge in [-0.25, -0.2) is 0 Å². The van der Waals surface area contributed by atoms with Gasteiger partial charge in [-0.1, -0.05) is 12.1 Å². The molecule has 1 heterocycles. The summed E-state index contributed by atoms with van der Waals surface area (Å²) in [4.78, 5) is 17.1. The lowest BCUT2D eigenvalue weighted by atomic mass is 10.1. The number of likely N-dealkylation sites (N-methyl/N-ethyl adjacent to an activating group) is 1. The first-order chi connectivity index (χ1) is 11.1. The highest BCUT2D eigenvalue weighted by atomic mass is 35.5. The van der Waals surface area contributed by atoms with E-state index in [9.17, 15) is 4.79 Å². The third-order valence-electron chi connectivity index (χ3n) is 4.92. The van der Waals surface area contributed by atoms with Crippen LogP contribution in [0.1, 0.15) is 28.8 Å². The molecule has 1 saturated heterocycles. The van der Waals surface area contributed by atoms with E-state index < -0.39 is 0 Å². The first kappa shape index (κ1) is 22.2. The van der Waals surface area contributed by atoms with Crippen LogP contribution >= 0.6 is 24.8 Å². The highest BCUT2D eigenvalue weighted by Gasteiger charge is 2.28. The van der Waals surface area contributed by atoms with Crippen molar-refractivity contribution in [2.24, 2.45) is 11.7 Å². The lowest BCUT2D eigenvalue weighted by molar-refractivity contribution is 0.0950. The monoisotopic (exact) mass is 388 g/mol. The van der Waals surface area contributed by atoms with Crippen molar-refractivity contribution in [1.29, 1.82) is 0 Å². The first-order valence-corrected chi connectivity index (χ1v) is 8.65. The van der Waals surface area contributed by atoms with Gasteiger partial charge in [-0.2, -0.15) is 0 Å². The molecule has 1 unspecified atom stereocenters. The average molecular weight is 389 g/mol. The number of hydrogen-bond acceptors (Lipinski definition) is 4. The largest absolute Gasteiger partial charge is 0.350 e. The Morgan fingerprint density at radius 3 is 2.56 bits per heavy atom. The lowest BCUT2D eigenvalue weighted by Crippen LogP contribution is -2.43. The molecule has 25 heavy (non-hydrogen) atoms. The molecule has 3 rings (SSSR count). The normalized spacial score (nSPS) is 19.4. The molecule has 5 nitrogen and oxygen atoms in total. The van der Waals surface area contributed by atoms with Crippen LogP contribution in [0.3, 0.4) is 0 Å². The summed E-state index contributed by atoms with van der Waals surface area (Å²) in [6.07, 6.45) is 2.41. The van der Waals surface area contributed by atoms with Gasteiger partial charge in [-0.15, -0.1) is 24.8 Å². The van der Waals surface area contributed by atoms with Gasteiger partial charge in [0.15, 0.2) is 0 Å². The number of nitrogens with one attached hydrogen (secondary N) is 1. The molecule has 1 aromatic rings. The minimum Gasteiger partial charge on any atom is -0.350 e. The minimum atomic E-state index is -0.0127. The molecule has 0 spiro atoms. The Morgan fingerprint density at radius 1 is 1.24 bits per heavy atom. The van der Waals surface area contributed by atoms with Crippen molar-refractivity contribution in [2.45, 2.75) is 25.4 Å². The summed E-state index contributed by atoms with van der Waals surface area (Å²) in [6.45, 7) is 5.88. The molecule has 1 atom stereocenters. The minimum absolute atomic E-state index is 0. The van der Waals surface area contributed by atoms with E-state index in [4.69, 9.17) is 5.73 Å². The molecule has 7 heteroatoms. The molecular weight excluding hydrogens is 359 g/mol. The lowest BCUT2D eigenvalue weighted by Gasteiger charge is -2.32. The maximum atomic E-state index is 12.3. The third kappa shape index (κ3) is 6.76. The second-order valence-electron chi connectivity index (χ2n) is 6.99. The van der Waals surface area contributed by atoms with Crippen molar-refractivity contribution in [3.63, 3.8) is 0 Å². The first-order valence-electron chi connectivity index (χ1n) is 8.65. The highest BCUT2D eigenvalue weighted by molar-refractivity contribution is 5.94. The van der Waals surface area contributed by atoms with Crippen LogP contribution in [0.2, 0.25) is 0 Å². The fourth-order valence-electron chi connectivity index (χ4n) is 3.08. The van der Waals surface area contributed by atoms with Gasteiger partial charge < -0.3 is 16.0 Å². The van der Waals surface area contributed by atoms with Crippen molar-refractivity contribution in [3.05, 3.63) is 35.4 Å². The predicted octanol–water partition coefficient (Wildman–Crippen LogP) is 1.74.